The summed E-state index contributed by atoms with van der Waals surface area (Å²) < 4.78 is 5.42. The van der Waals surface area contributed by atoms with Crippen molar-refractivity contribution < 1.29 is 9.32 Å². The van der Waals surface area contributed by atoms with Gasteiger partial charge in [-0.2, -0.15) is 4.98 Å². The van der Waals surface area contributed by atoms with Crippen LogP contribution < -0.4 is 4.90 Å². The van der Waals surface area contributed by atoms with E-state index in [1.165, 1.54) is 5.56 Å². The van der Waals surface area contributed by atoms with E-state index in [1.807, 2.05) is 24.3 Å². The number of hydrogen-bond donors (Lipinski definition) is 0. The normalized spacial score (nSPS) is 17.2. The summed E-state index contributed by atoms with van der Waals surface area (Å²) in [4.78, 5) is 22.7. The molecule has 1 unspecified atom stereocenters. The SMILES string of the molecule is CCc1cccc(N2CC(c3nc(-c4ccncc4)no3)CC2=O)c1. The Labute approximate surface area is 145 Å². The number of carbonyl (C=O) groups is 1. The molecule has 0 bridgehead atoms. The number of aryl methyl sites for hydroxylation is 1. The molecule has 1 fully saturated rings. The molecule has 1 aliphatic rings. The maximum atomic E-state index is 12.5. The quantitative estimate of drug-likeness (QED) is 0.732. The monoisotopic (exact) mass is 334 g/mol. The van der Waals surface area contributed by atoms with Gasteiger partial charge in [0.15, 0.2) is 0 Å². The maximum Gasteiger partial charge on any atom is 0.232 e. The highest BCUT2D eigenvalue weighted by Gasteiger charge is 2.35. The summed E-state index contributed by atoms with van der Waals surface area (Å²) in [6, 6.07) is 11.8. The molecule has 0 aliphatic carbocycles. The highest BCUT2D eigenvalue weighted by molar-refractivity contribution is 5.96. The van der Waals surface area contributed by atoms with Crippen LogP contribution in [-0.4, -0.2) is 27.6 Å². The van der Waals surface area contributed by atoms with E-state index < -0.39 is 0 Å². The van der Waals surface area contributed by atoms with Gasteiger partial charge < -0.3 is 9.42 Å². The lowest BCUT2D eigenvalue weighted by molar-refractivity contribution is -0.117. The average Bonchev–Trinajstić information content (AvgIpc) is 3.29. The maximum absolute atomic E-state index is 12.5. The van der Waals surface area contributed by atoms with Crippen LogP contribution in [-0.2, 0) is 11.2 Å². The van der Waals surface area contributed by atoms with Crippen LogP contribution in [0.4, 0.5) is 5.69 Å². The third-order valence-corrected chi connectivity index (χ3v) is 4.49. The minimum absolute atomic E-state index is 0.0825. The molecular formula is C19H18N4O2. The second kappa shape index (κ2) is 6.47. The van der Waals surface area contributed by atoms with Crippen molar-refractivity contribution in [2.75, 3.05) is 11.4 Å². The van der Waals surface area contributed by atoms with Crippen molar-refractivity contribution in [3.63, 3.8) is 0 Å². The first kappa shape index (κ1) is 15.5. The van der Waals surface area contributed by atoms with Gasteiger partial charge in [0.1, 0.15) is 0 Å². The van der Waals surface area contributed by atoms with Crippen molar-refractivity contribution >= 4 is 11.6 Å². The van der Waals surface area contributed by atoms with Crippen molar-refractivity contribution in [1.82, 2.24) is 15.1 Å². The van der Waals surface area contributed by atoms with E-state index >= 15 is 0 Å². The molecular weight excluding hydrogens is 316 g/mol. The van der Waals surface area contributed by atoms with Gasteiger partial charge in [-0.15, -0.1) is 0 Å². The molecule has 4 rings (SSSR count). The molecule has 25 heavy (non-hydrogen) atoms. The predicted molar refractivity (Wildman–Crippen MR) is 93.1 cm³/mol. The molecule has 0 radical (unpaired) electrons. The number of aromatic nitrogens is 3. The Hall–Kier alpha value is -3.02. The van der Waals surface area contributed by atoms with Crippen molar-refractivity contribution in [1.29, 1.82) is 0 Å². The number of hydrogen-bond acceptors (Lipinski definition) is 5. The molecule has 3 aromatic rings. The number of benzene rings is 1. The lowest BCUT2D eigenvalue weighted by Gasteiger charge is -2.16. The Bertz CT molecular complexity index is 891. The van der Waals surface area contributed by atoms with E-state index in [4.69, 9.17) is 4.52 Å². The van der Waals surface area contributed by atoms with Gasteiger partial charge in [0, 0.05) is 36.6 Å². The van der Waals surface area contributed by atoms with Crippen LogP contribution >= 0.6 is 0 Å². The Morgan fingerprint density at radius 3 is 2.88 bits per heavy atom. The van der Waals surface area contributed by atoms with Crippen LogP contribution in [0.3, 0.4) is 0 Å². The van der Waals surface area contributed by atoms with Crippen LogP contribution in [0.2, 0.25) is 0 Å². The van der Waals surface area contributed by atoms with Gasteiger partial charge in [0.2, 0.25) is 17.6 Å². The molecule has 1 aromatic carbocycles. The van der Waals surface area contributed by atoms with E-state index in [0.29, 0.717) is 24.7 Å². The largest absolute Gasteiger partial charge is 0.339 e. The first-order valence-corrected chi connectivity index (χ1v) is 8.38. The third-order valence-electron chi connectivity index (χ3n) is 4.49. The topological polar surface area (TPSA) is 72.1 Å². The standard InChI is InChI=1S/C19H18N4O2/c1-2-13-4-3-5-16(10-13)23-12-15(11-17(23)24)19-21-18(22-25-19)14-6-8-20-9-7-14/h3-10,15H,2,11-12H2,1H3. The molecule has 0 saturated carbocycles. The molecule has 3 heterocycles. The number of carbonyl (C=O) groups excluding carboxylic acids is 1. The van der Waals surface area contributed by atoms with E-state index in [2.05, 4.69) is 34.2 Å². The molecule has 1 amide bonds. The average molecular weight is 334 g/mol. The number of anilines is 1. The van der Waals surface area contributed by atoms with E-state index in [1.54, 1.807) is 17.3 Å². The van der Waals surface area contributed by atoms with Gasteiger partial charge >= 0.3 is 0 Å². The van der Waals surface area contributed by atoms with Gasteiger partial charge in [0.25, 0.3) is 0 Å². The first-order chi connectivity index (χ1) is 12.2. The fraction of sp³-hybridized carbons (Fsp3) is 0.263. The van der Waals surface area contributed by atoms with Crippen LogP contribution in [0.15, 0.2) is 53.3 Å². The van der Waals surface area contributed by atoms with Gasteiger partial charge in [-0.05, 0) is 36.2 Å². The molecule has 2 aromatic heterocycles. The van der Waals surface area contributed by atoms with E-state index in [0.717, 1.165) is 17.7 Å². The lowest BCUT2D eigenvalue weighted by atomic mass is 10.1. The Morgan fingerprint density at radius 1 is 1.24 bits per heavy atom. The highest BCUT2D eigenvalue weighted by atomic mass is 16.5. The summed E-state index contributed by atoms with van der Waals surface area (Å²) in [7, 11) is 0. The Kier molecular flexibility index (Phi) is 4.01. The molecule has 1 aliphatic heterocycles. The second-order valence-electron chi connectivity index (χ2n) is 6.12. The summed E-state index contributed by atoms with van der Waals surface area (Å²) in [5, 5.41) is 4.04. The second-order valence-corrected chi connectivity index (χ2v) is 6.12. The van der Waals surface area contributed by atoms with Gasteiger partial charge in [-0.3, -0.25) is 9.78 Å². The van der Waals surface area contributed by atoms with Crippen molar-refractivity contribution in [3.05, 3.63) is 60.2 Å². The summed E-state index contributed by atoms with van der Waals surface area (Å²) in [5.41, 5.74) is 2.99. The fourth-order valence-corrected chi connectivity index (χ4v) is 3.09. The molecule has 126 valence electrons. The fourth-order valence-electron chi connectivity index (χ4n) is 3.09. The van der Waals surface area contributed by atoms with E-state index in [9.17, 15) is 4.79 Å². The predicted octanol–water partition coefficient (Wildman–Crippen LogP) is 3.21. The zero-order valence-electron chi connectivity index (χ0n) is 13.9. The van der Waals surface area contributed by atoms with Gasteiger partial charge in [-0.1, -0.05) is 24.2 Å². The third kappa shape index (κ3) is 3.03. The molecule has 1 saturated heterocycles. The zero-order valence-corrected chi connectivity index (χ0v) is 13.9. The summed E-state index contributed by atoms with van der Waals surface area (Å²) >= 11 is 0. The van der Waals surface area contributed by atoms with Gasteiger partial charge in [0.05, 0.1) is 5.92 Å². The summed E-state index contributed by atoms with van der Waals surface area (Å²) in [6.07, 6.45) is 4.70. The van der Waals surface area contributed by atoms with Crippen LogP contribution in [0.1, 0.15) is 30.7 Å². The van der Waals surface area contributed by atoms with Crippen molar-refractivity contribution in [3.8, 4) is 11.4 Å². The highest BCUT2D eigenvalue weighted by Crippen LogP contribution is 2.32. The van der Waals surface area contributed by atoms with Gasteiger partial charge in [-0.25, -0.2) is 0 Å². The summed E-state index contributed by atoms with van der Waals surface area (Å²) in [6.45, 7) is 2.66. The number of nitrogens with zero attached hydrogens (tertiary/aromatic N) is 4. The number of pyridine rings is 1. The zero-order chi connectivity index (χ0) is 17.2. The number of amides is 1. The lowest BCUT2D eigenvalue weighted by Crippen LogP contribution is -2.24. The van der Waals surface area contributed by atoms with Crippen molar-refractivity contribution in [2.45, 2.75) is 25.7 Å². The summed E-state index contributed by atoms with van der Waals surface area (Å²) in [5.74, 6) is 1.04. The number of rotatable bonds is 4. The smallest absolute Gasteiger partial charge is 0.232 e. The molecule has 0 spiro atoms. The Morgan fingerprint density at radius 2 is 2.08 bits per heavy atom. The molecule has 6 nitrogen and oxygen atoms in total. The first-order valence-electron chi connectivity index (χ1n) is 8.38. The van der Waals surface area contributed by atoms with Crippen LogP contribution in [0, 0.1) is 0 Å². The minimum Gasteiger partial charge on any atom is -0.339 e. The van der Waals surface area contributed by atoms with E-state index in [-0.39, 0.29) is 11.8 Å². The molecule has 0 N–H and O–H groups in total. The minimum atomic E-state index is -0.0825. The van der Waals surface area contributed by atoms with Crippen molar-refractivity contribution in [2.24, 2.45) is 0 Å². The van der Waals surface area contributed by atoms with Crippen LogP contribution in [0.5, 0.6) is 0 Å². The van der Waals surface area contributed by atoms with Crippen LogP contribution in [0.25, 0.3) is 11.4 Å². The molecule has 6 heteroatoms. The Balaban J connectivity index is 1.55. The molecule has 1 atom stereocenters.